The Bertz CT molecular complexity index is 2240. The van der Waals surface area contributed by atoms with Crippen molar-refractivity contribution in [3.8, 4) is 66.9 Å². The number of rotatable bonds is 9. The maximum Gasteiger partial charge on any atom is 0.162 e. The minimum absolute atomic E-state index is 0. The Labute approximate surface area is 335 Å². The zero-order chi connectivity index (χ0) is 37.5. The second-order valence-corrected chi connectivity index (χ2v) is 14.1. The van der Waals surface area contributed by atoms with Gasteiger partial charge in [-0.1, -0.05) is 132 Å². The van der Waals surface area contributed by atoms with Crippen molar-refractivity contribution in [1.82, 2.24) is 4.98 Å². The zero-order valence-electron chi connectivity index (χ0n) is 32.2. The number of benzene rings is 5. The van der Waals surface area contributed by atoms with Crippen LogP contribution in [0.5, 0.6) is 0 Å². The molecule has 0 bridgehead atoms. The van der Waals surface area contributed by atoms with Crippen LogP contribution in [0.4, 0.5) is 0 Å². The Balaban J connectivity index is 0.000000301. The molecule has 6 aromatic rings. The van der Waals surface area contributed by atoms with E-state index in [0.717, 1.165) is 48.1 Å². The van der Waals surface area contributed by atoms with Crippen molar-refractivity contribution in [2.45, 2.75) is 67.2 Å². The Hall–Kier alpha value is -4.89. The summed E-state index contributed by atoms with van der Waals surface area (Å²) in [4.78, 5) is 16.4. The molecule has 3 nitrogen and oxygen atoms in total. The van der Waals surface area contributed by atoms with E-state index in [1.54, 1.807) is 0 Å². The first-order valence-electron chi connectivity index (χ1n) is 19.1. The topological polar surface area (TPSA) is 50.2 Å². The monoisotopic (exact) mass is 889 g/mol. The SMILES string of the molecule is CCC(CC)C(=O)/C=C(\O)C(CC)CC.Cc1[c-]c(-c2ccc(C)cn2)cc(-c2ccc3c(c2)-c2ccccc2-c2ccccc2-c2ccccc2-3)c1.[Ir]. The molecule has 1 aliphatic rings. The summed E-state index contributed by atoms with van der Waals surface area (Å²) in [6.07, 6.45) is 6.83. The molecule has 0 atom stereocenters. The molecule has 7 rings (SSSR count). The normalized spacial score (nSPS) is 11.5. The van der Waals surface area contributed by atoms with Crippen LogP contribution in [0.25, 0.3) is 66.9 Å². The summed E-state index contributed by atoms with van der Waals surface area (Å²) in [5, 5.41) is 9.76. The average molecular weight is 889 g/mol. The molecule has 1 aromatic heterocycles. The molecule has 277 valence electrons. The molecular formula is C50H50IrNO2-. The van der Waals surface area contributed by atoms with Crippen molar-refractivity contribution in [3.05, 3.63) is 150 Å². The molecule has 1 aliphatic carbocycles. The Morgan fingerprint density at radius 2 is 1.09 bits per heavy atom. The van der Waals surface area contributed by atoms with Gasteiger partial charge in [0.25, 0.3) is 0 Å². The van der Waals surface area contributed by atoms with Gasteiger partial charge in [-0.15, -0.1) is 34.9 Å². The van der Waals surface area contributed by atoms with E-state index in [1.807, 2.05) is 33.9 Å². The van der Waals surface area contributed by atoms with Gasteiger partial charge in [0.15, 0.2) is 5.78 Å². The number of hydrogen-bond acceptors (Lipinski definition) is 3. The summed E-state index contributed by atoms with van der Waals surface area (Å²) in [6, 6.07) is 45.4. The third-order valence-corrected chi connectivity index (χ3v) is 10.6. The van der Waals surface area contributed by atoms with E-state index in [-0.39, 0.29) is 43.5 Å². The van der Waals surface area contributed by atoms with E-state index >= 15 is 0 Å². The maximum absolute atomic E-state index is 11.7. The minimum atomic E-state index is 0. The third kappa shape index (κ3) is 8.73. The third-order valence-electron chi connectivity index (χ3n) is 10.6. The molecule has 0 amide bonds. The van der Waals surface area contributed by atoms with Crippen molar-refractivity contribution in [1.29, 1.82) is 0 Å². The van der Waals surface area contributed by atoms with Crippen LogP contribution < -0.4 is 0 Å². The molecule has 0 aliphatic heterocycles. The molecule has 1 heterocycles. The van der Waals surface area contributed by atoms with Gasteiger partial charge >= 0.3 is 0 Å². The summed E-state index contributed by atoms with van der Waals surface area (Å²) < 4.78 is 0. The second kappa shape index (κ2) is 18.4. The predicted molar refractivity (Wildman–Crippen MR) is 223 cm³/mol. The summed E-state index contributed by atoms with van der Waals surface area (Å²) >= 11 is 0. The molecular weight excluding hydrogens is 839 g/mol. The van der Waals surface area contributed by atoms with Gasteiger partial charge in [-0.25, -0.2) is 0 Å². The molecule has 0 saturated heterocycles. The molecule has 5 aromatic carbocycles. The zero-order valence-corrected chi connectivity index (χ0v) is 34.6. The molecule has 1 radical (unpaired) electrons. The minimum Gasteiger partial charge on any atom is -0.512 e. The van der Waals surface area contributed by atoms with Crippen LogP contribution in [0.2, 0.25) is 0 Å². The standard InChI is InChI=1S/C37H26N.C13H24O2.Ir/c1-24-15-18-37(38-23-24)28-20-25(2)19-27(21-28)26-16-17-35-33-13-6-5-11-31(33)29-9-3-4-10-30(29)32-12-7-8-14-34(32)36(35)22-26;1-5-10(6-2)12(14)9-13(15)11(7-3)8-4;/h3-19,21-23H,1-2H3;9-11,14H,5-8H2,1-4H3;/q-1;;/b;12-9-;. The molecule has 0 fully saturated rings. The van der Waals surface area contributed by atoms with Gasteiger partial charge in [0.2, 0.25) is 0 Å². The number of aromatic nitrogens is 1. The summed E-state index contributed by atoms with van der Waals surface area (Å²) in [6.45, 7) is 12.2. The van der Waals surface area contributed by atoms with E-state index < -0.39 is 0 Å². The largest absolute Gasteiger partial charge is 0.512 e. The molecule has 0 spiro atoms. The van der Waals surface area contributed by atoms with Crippen molar-refractivity contribution in [2.75, 3.05) is 0 Å². The first kappa shape index (κ1) is 40.3. The molecule has 54 heavy (non-hydrogen) atoms. The smallest absolute Gasteiger partial charge is 0.162 e. The summed E-state index contributed by atoms with van der Waals surface area (Å²) in [7, 11) is 0. The fourth-order valence-electron chi connectivity index (χ4n) is 7.47. The molecule has 0 saturated carbocycles. The summed E-state index contributed by atoms with van der Waals surface area (Å²) in [5.74, 6) is 0.547. The van der Waals surface area contributed by atoms with Crippen molar-refractivity contribution < 1.29 is 30.0 Å². The Kier molecular flexibility index (Phi) is 13.8. The molecule has 1 N–H and O–H groups in total. The number of fused-ring (bicyclic) bond motifs is 8. The predicted octanol–water partition coefficient (Wildman–Crippen LogP) is 13.7. The average Bonchev–Trinajstić information content (AvgIpc) is 3.18. The van der Waals surface area contributed by atoms with Gasteiger partial charge in [-0.2, -0.15) is 0 Å². The molecule has 4 heteroatoms. The van der Waals surface area contributed by atoms with Crippen LogP contribution >= 0.6 is 0 Å². The number of aliphatic hydroxyl groups excluding tert-OH is 1. The van der Waals surface area contributed by atoms with Gasteiger partial charge in [-0.05, 0) is 100 Å². The van der Waals surface area contributed by atoms with E-state index in [1.165, 1.54) is 61.7 Å². The van der Waals surface area contributed by atoms with Gasteiger partial charge in [0.1, 0.15) is 0 Å². The van der Waals surface area contributed by atoms with Crippen LogP contribution in [-0.2, 0) is 24.9 Å². The Morgan fingerprint density at radius 1 is 0.611 bits per heavy atom. The number of allylic oxidation sites excluding steroid dienone is 2. The van der Waals surface area contributed by atoms with Gasteiger partial charge in [-0.3, -0.25) is 4.79 Å². The van der Waals surface area contributed by atoms with Gasteiger partial charge in [0, 0.05) is 44.2 Å². The number of aryl methyl sites for hydroxylation is 2. The number of hydrogen-bond donors (Lipinski definition) is 1. The van der Waals surface area contributed by atoms with Crippen LogP contribution in [0.15, 0.2) is 133 Å². The van der Waals surface area contributed by atoms with Crippen LogP contribution in [0.1, 0.15) is 64.5 Å². The number of nitrogens with zero attached hydrogens (tertiary/aromatic N) is 1. The van der Waals surface area contributed by atoms with Crippen LogP contribution in [-0.4, -0.2) is 15.9 Å². The summed E-state index contributed by atoms with van der Waals surface area (Å²) in [5.41, 5.74) is 16.7. The van der Waals surface area contributed by atoms with Gasteiger partial charge in [0.05, 0.1) is 5.76 Å². The van der Waals surface area contributed by atoms with E-state index in [0.29, 0.717) is 0 Å². The van der Waals surface area contributed by atoms with E-state index in [2.05, 4.69) is 140 Å². The van der Waals surface area contributed by atoms with E-state index in [9.17, 15) is 9.90 Å². The molecule has 0 unspecified atom stereocenters. The second-order valence-electron chi connectivity index (χ2n) is 14.1. The number of carbonyl (C=O) groups is 1. The fourth-order valence-corrected chi connectivity index (χ4v) is 7.47. The van der Waals surface area contributed by atoms with Crippen LogP contribution in [0.3, 0.4) is 0 Å². The first-order valence-corrected chi connectivity index (χ1v) is 19.1. The van der Waals surface area contributed by atoms with E-state index in [4.69, 9.17) is 0 Å². The first-order chi connectivity index (χ1) is 25.8. The van der Waals surface area contributed by atoms with Crippen molar-refractivity contribution in [2.24, 2.45) is 11.8 Å². The van der Waals surface area contributed by atoms with Crippen LogP contribution in [0, 0.1) is 31.7 Å². The fraction of sp³-hybridized carbons (Fsp3) is 0.240. The quantitative estimate of drug-likeness (QED) is 0.0892. The number of pyridine rings is 1. The number of carbonyl (C=O) groups excluding carboxylic acids is 1. The maximum atomic E-state index is 11.7. The van der Waals surface area contributed by atoms with Gasteiger partial charge < -0.3 is 10.1 Å². The Morgan fingerprint density at radius 3 is 1.56 bits per heavy atom. The number of aliphatic hydroxyl groups is 1. The van der Waals surface area contributed by atoms with Crippen molar-refractivity contribution >= 4 is 5.78 Å². The number of ketones is 1. The van der Waals surface area contributed by atoms with Crippen molar-refractivity contribution in [3.63, 3.8) is 0 Å².